The quantitative estimate of drug-likeness (QED) is 0.580. The fraction of sp³-hybridized carbons (Fsp3) is 0.750. The highest BCUT2D eigenvalue weighted by Crippen LogP contribution is 2.19. The standard InChI is InChI=1S/C16H28N2O4/c1-5-10-21-14(19)11-17-12-6-8-13(9-7-12)18-15(20)22-16(2,3)4/h5,12-13,17H,1,6-11H2,2-4H3,(H,18,20)/t12-,13-. The van der Waals surface area contributed by atoms with Gasteiger partial charge in [-0.25, -0.2) is 4.79 Å². The second kappa shape index (κ2) is 8.78. The zero-order chi connectivity index (χ0) is 16.6. The minimum absolute atomic E-state index is 0.139. The summed E-state index contributed by atoms with van der Waals surface area (Å²) >= 11 is 0. The van der Waals surface area contributed by atoms with E-state index in [1.807, 2.05) is 20.8 Å². The first kappa shape index (κ1) is 18.5. The second-order valence-corrected chi connectivity index (χ2v) is 6.55. The van der Waals surface area contributed by atoms with E-state index in [0.717, 1.165) is 25.7 Å². The molecule has 2 N–H and O–H groups in total. The molecule has 1 rings (SSSR count). The summed E-state index contributed by atoms with van der Waals surface area (Å²) in [6.07, 6.45) is 4.75. The Morgan fingerprint density at radius 1 is 1.18 bits per heavy atom. The van der Waals surface area contributed by atoms with Gasteiger partial charge in [0.15, 0.2) is 0 Å². The molecule has 0 aromatic rings. The van der Waals surface area contributed by atoms with Crippen LogP contribution < -0.4 is 10.6 Å². The molecule has 22 heavy (non-hydrogen) atoms. The van der Waals surface area contributed by atoms with Gasteiger partial charge in [-0.2, -0.15) is 0 Å². The van der Waals surface area contributed by atoms with Crippen molar-refractivity contribution < 1.29 is 19.1 Å². The number of hydrogen-bond donors (Lipinski definition) is 2. The second-order valence-electron chi connectivity index (χ2n) is 6.55. The highest BCUT2D eigenvalue weighted by Gasteiger charge is 2.24. The highest BCUT2D eigenvalue weighted by atomic mass is 16.6. The van der Waals surface area contributed by atoms with Crippen molar-refractivity contribution >= 4 is 12.1 Å². The van der Waals surface area contributed by atoms with Crippen LogP contribution >= 0.6 is 0 Å². The summed E-state index contributed by atoms with van der Waals surface area (Å²) in [6, 6.07) is 0.425. The van der Waals surface area contributed by atoms with Gasteiger partial charge in [0.25, 0.3) is 0 Å². The number of rotatable bonds is 6. The van der Waals surface area contributed by atoms with Crippen molar-refractivity contribution in [1.29, 1.82) is 0 Å². The van der Waals surface area contributed by atoms with Crippen molar-refractivity contribution in [3.8, 4) is 0 Å². The molecule has 126 valence electrons. The lowest BCUT2D eigenvalue weighted by Crippen LogP contribution is -2.44. The van der Waals surface area contributed by atoms with Crippen LogP contribution in [0.25, 0.3) is 0 Å². The van der Waals surface area contributed by atoms with E-state index in [4.69, 9.17) is 9.47 Å². The maximum atomic E-state index is 11.7. The molecular weight excluding hydrogens is 284 g/mol. The molecule has 6 nitrogen and oxygen atoms in total. The lowest BCUT2D eigenvalue weighted by molar-refractivity contribution is -0.141. The summed E-state index contributed by atoms with van der Waals surface area (Å²) in [5.41, 5.74) is -0.478. The molecule has 1 saturated carbocycles. The van der Waals surface area contributed by atoms with E-state index in [2.05, 4.69) is 17.2 Å². The summed E-state index contributed by atoms with van der Waals surface area (Å²) in [6.45, 7) is 9.49. The summed E-state index contributed by atoms with van der Waals surface area (Å²) in [5.74, 6) is -0.270. The van der Waals surface area contributed by atoms with Crippen LogP contribution in [0.15, 0.2) is 12.7 Å². The summed E-state index contributed by atoms with van der Waals surface area (Å²) < 4.78 is 10.2. The van der Waals surface area contributed by atoms with Crippen LogP contribution in [-0.4, -0.2) is 42.9 Å². The smallest absolute Gasteiger partial charge is 0.407 e. The van der Waals surface area contributed by atoms with Crippen LogP contribution in [0.2, 0.25) is 0 Å². The third-order valence-corrected chi connectivity index (χ3v) is 3.35. The molecule has 0 aliphatic heterocycles. The SMILES string of the molecule is C=CCOC(=O)CN[C@H]1CC[C@H](NC(=O)OC(C)(C)C)CC1. The van der Waals surface area contributed by atoms with Crippen LogP contribution in [-0.2, 0) is 14.3 Å². The van der Waals surface area contributed by atoms with Gasteiger partial charge in [-0.15, -0.1) is 0 Å². The normalized spacial score (nSPS) is 21.8. The largest absolute Gasteiger partial charge is 0.461 e. The summed E-state index contributed by atoms with van der Waals surface area (Å²) in [4.78, 5) is 23.1. The Hall–Kier alpha value is -1.56. The van der Waals surface area contributed by atoms with Gasteiger partial charge in [-0.05, 0) is 46.5 Å². The Morgan fingerprint density at radius 3 is 2.32 bits per heavy atom. The molecular formula is C16H28N2O4. The average Bonchev–Trinajstić information content (AvgIpc) is 2.42. The molecule has 0 spiro atoms. The van der Waals surface area contributed by atoms with Crippen molar-refractivity contribution in [2.75, 3.05) is 13.2 Å². The van der Waals surface area contributed by atoms with Gasteiger partial charge in [0.1, 0.15) is 12.2 Å². The molecule has 1 aliphatic carbocycles. The molecule has 1 aliphatic rings. The number of carbonyl (C=O) groups is 2. The molecule has 0 radical (unpaired) electrons. The predicted molar refractivity (Wildman–Crippen MR) is 84.6 cm³/mol. The van der Waals surface area contributed by atoms with Crippen LogP contribution in [0, 0.1) is 0 Å². The van der Waals surface area contributed by atoms with E-state index >= 15 is 0 Å². The van der Waals surface area contributed by atoms with Crippen LogP contribution in [0.1, 0.15) is 46.5 Å². The maximum Gasteiger partial charge on any atom is 0.407 e. The lowest BCUT2D eigenvalue weighted by atomic mass is 9.91. The molecule has 1 amide bonds. The number of nitrogens with one attached hydrogen (secondary N) is 2. The molecule has 0 aromatic carbocycles. The van der Waals surface area contributed by atoms with Crippen molar-refractivity contribution in [2.24, 2.45) is 0 Å². The third-order valence-electron chi connectivity index (χ3n) is 3.35. The van der Waals surface area contributed by atoms with Gasteiger partial charge in [0.2, 0.25) is 0 Å². The van der Waals surface area contributed by atoms with Crippen molar-refractivity contribution in [1.82, 2.24) is 10.6 Å². The molecule has 0 aromatic heterocycles. The topological polar surface area (TPSA) is 76.7 Å². The van der Waals surface area contributed by atoms with E-state index in [-0.39, 0.29) is 37.3 Å². The highest BCUT2D eigenvalue weighted by molar-refractivity contribution is 5.71. The average molecular weight is 312 g/mol. The summed E-state index contributed by atoms with van der Waals surface area (Å²) in [5, 5.41) is 6.09. The fourth-order valence-electron chi connectivity index (χ4n) is 2.35. The number of carbonyl (C=O) groups excluding carboxylic acids is 2. The molecule has 0 atom stereocenters. The molecule has 6 heteroatoms. The Bertz CT molecular complexity index is 382. The van der Waals surface area contributed by atoms with Crippen molar-refractivity contribution in [3.05, 3.63) is 12.7 Å². The van der Waals surface area contributed by atoms with Crippen molar-refractivity contribution in [3.63, 3.8) is 0 Å². The Kier molecular flexibility index (Phi) is 7.38. The van der Waals surface area contributed by atoms with E-state index in [9.17, 15) is 9.59 Å². The minimum Gasteiger partial charge on any atom is -0.461 e. The Morgan fingerprint density at radius 2 is 1.77 bits per heavy atom. The van der Waals surface area contributed by atoms with Crippen LogP contribution in [0.3, 0.4) is 0 Å². The Labute approximate surface area is 132 Å². The zero-order valence-electron chi connectivity index (χ0n) is 13.8. The van der Waals surface area contributed by atoms with E-state index in [1.54, 1.807) is 6.08 Å². The number of hydrogen-bond acceptors (Lipinski definition) is 5. The lowest BCUT2D eigenvalue weighted by Gasteiger charge is -2.30. The van der Waals surface area contributed by atoms with Gasteiger partial charge in [-0.3, -0.25) is 4.79 Å². The monoisotopic (exact) mass is 312 g/mol. The van der Waals surface area contributed by atoms with Gasteiger partial charge in [0.05, 0.1) is 6.54 Å². The van der Waals surface area contributed by atoms with Gasteiger partial charge in [-0.1, -0.05) is 12.7 Å². The number of alkyl carbamates (subject to hydrolysis) is 1. The van der Waals surface area contributed by atoms with E-state index in [0.29, 0.717) is 0 Å². The molecule has 0 heterocycles. The molecule has 0 unspecified atom stereocenters. The van der Waals surface area contributed by atoms with Gasteiger partial charge >= 0.3 is 12.1 Å². The molecule has 0 saturated heterocycles. The van der Waals surface area contributed by atoms with Crippen molar-refractivity contribution in [2.45, 2.75) is 64.1 Å². The first-order chi connectivity index (χ1) is 10.3. The third kappa shape index (κ3) is 8.02. The van der Waals surface area contributed by atoms with Crippen LogP contribution in [0.5, 0.6) is 0 Å². The zero-order valence-corrected chi connectivity index (χ0v) is 13.8. The number of amides is 1. The molecule has 0 bridgehead atoms. The van der Waals surface area contributed by atoms with E-state index < -0.39 is 5.60 Å². The minimum atomic E-state index is -0.478. The van der Waals surface area contributed by atoms with E-state index in [1.165, 1.54) is 0 Å². The van der Waals surface area contributed by atoms with Gasteiger partial charge < -0.3 is 20.1 Å². The number of ether oxygens (including phenoxy) is 2. The van der Waals surface area contributed by atoms with Gasteiger partial charge in [0, 0.05) is 12.1 Å². The maximum absolute atomic E-state index is 11.7. The number of esters is 1. The molecule has 1 fully saturated rings. The first-order valence-corrected chi connectivity index (χ1v) is 7.79. The fourth-order valence-corrected chi connectivity index (χ4v) is 2.35. The Balaban J connectivity index is 2.19. The first-order valence-electron chi connectivity index (χ1n) is 7.79. The predicted octanol–water partition coefficient (Wildman–Crippen LogP) is 2.14. The summed E-state index contributed by atoms with van der Waals surface area (Å²) in [7, 11) is 0. The van der Waals surface area contributed by atoms with Crippen LogP contribution in [0.4, 0.5) is 4.79 Å².